The molecular formula is C14H11ClN2OS. The summed E-state index contributed by atoms with van der Waals surface area (Å²) in [5.41, 5.74) is 7.73. The molecule has 1 unspecified atom stereocenters. The highest BCUT2D eigenvalue weighted by molar-refractivity contribution is 7.84. The molecule has 0 heterocycles. The van der Waals surface area contributed by atoms with Crippen LogP contribution in [0.25, 0.3) is 0 Å². The molecule has 0 aromatic heterocycles. The van der Waals surface area contributed by atoms with Gasteiger partial charge in [0.1, 0.15) is 0 Å². The summed E-state index contributed by atoms with van der Waals surface area (Å²) in [5, 5.41) is 9.23. The summed E-state index contributed by atoms with van der Waals surface area (Å²) < 4.78 is 12.2. The fourth-order valence-corrected chi connectivity index (χ4v) is 3.09. The predicted molar refractivity (Wildman–Crippen MR) is 77.1 cm³/mol. The largest absolute Gasteiger partial charge is 0.398 e. The van der Waals surface area contributed by atoms with E-state index in [0.29, 0.717) is 26.9 Å². The van der Waals surface area contributed by atoms with Crippen LogP contribution in [-0.4, -0.2) is 4.21 Å². The number of nitrogens with two attached hydrogens (primary N) is 1. The number of nitriles is 1. The standard InChI is InChI=1S/C14H11ClN2OS/c15-12-5-6-13(17)14(7-12)19(18)9-11-3-1-10(8-16)2-4-11/h1-7H,9,17H2. The van der Waals surface area contributed by atoms with E-state index < -0.39 is 10.8 Å². The fourth-order valence-electron chi connectivity index (χ4n) is 1.61. The lowest BCUT2D eigenvalue weighted by atomic mass is 10.2. The van der Waals surface area contributed by atoms with Crippen LogP contribution in [0.5, 0.6) is 0 Å². The Labute approximate surface area is 119 Å². The zero-order valence-corrected chi connectivity index (χ0v) is 11.5. The van der Waals surface area contributed by atoms with Gasteiger partial charge in [-0.1, -0.05) is 23.7 Å². The van der Waals surface area contributed by atoms with Crippen molar-refractivity contribution in [3.63, 3.8) is 0 Å². The van der Waals surface area contributed by atoms with E-state index in [1.54, 1.807) is 42.5 Å². The Morgan fingerprint density at radius 3 is 2.53 bits per heavy atom. The highest BCUT2D eigenvalue weighted by Gasteiger charge is 2.09. The molecule has 0 aliphatic heterocycles. The van der Waals surface area contributed by atoms with Crippen molar-refractivity contribution in [2.24, 2.45) is 0 Å². The van der Waals surface area contributed by atoms with E-state index >= 15 is 0 Å². The molecule has 2 N–H and O–H groups in total. The van der Waals surface area contributed by atoms with Gasteiger partial charge in [0.05, 0.1) is 33.1 Å². The lowest BCUT2D eigenvalue weighted by Gasteiger charge is -2.06. The molecule has 0 fully saturated rings. The minimum atomic E-state index is -1.26. The maximum Gasteiger partial charge on any atom is 0.0991 e. The summed E-state index contributed by atoms with van der Waals surface area (Å²) in [4.78, 5) is 0.539. The second-order valence-corrected chi connectivity index (χ2v) is 5.84. The number of anilines is 1. The molecule has 2 aromatic carbocycles. The highest BCUT2D eigenvalue weighted by atomic mass is 35.5. The summed E-state index contributed by atoms with van der Waals surface area (Å²) >= 11 is 5.88. The summed E-state index contributed by atoms with van der Waals surface area (Å²) in [6.45, 7) is 0. The maximum absolute atomic E-state index is 12.2. The Morgan fingerprint density at radius 1 is 1.21 bits per heavy atom. The van der Waals surface area contributed by atoms with E-state index in [-0.39, 0.29) is 0 Å². The van der Waals surface area contributed by atoms with Crippen LogP contribution in [0.3, 0.4) is 0 Å². The molecule has 0 aliphatic carbocycles. The quantitative estimate of drug-likeness (QED) is 0.883. The van der Waals surface area contributed by atoms with Crippen LogP contribution in [0.4, 0.5) is 5.69 Å². The first kappa shape index (κ1) is 13.6. The first-order valence-electron chi connectivity index (χ1n) is 5.52. The van der Waals surface area contributed by atoms with Gasteiger partial charge in [0, 0.05) is 10.7 Å². The third-order valence-corrected chi connectivity index (χ3v) is 4.28. The lowest BCUT2D eigenvalue weighted by molar-refractivity contribution is 0.683. The van der Waals surface area contributed by atoms with E-state index in [4.69, 9.17) is 22.6 Å². The molecule has 2 aromatic rings. The normalized spacial score (nSPS) is 11.8. The number of halogens is 1. The number of hydrogen-bond acceptors (Lipinski definition) is 3. The molecule has 0 radical (unpaired) electrons. The van der Waals surface area contributed by atoms with Crippen LogP contribution in [0.15, 0.2) is 47.4 Å². The second-order valence-electron chi connectivity index (χ2n) is 3.98. The number of rotatable bonds is 3. The molecule has 0 spiro atoms. The van der Waals surface area contributed by atoms with E-state index in [1.807, 2.05) is 6.07 Å². The van der Waals surface area contributed by atoms with Gasteiger partial charge in [0.2, 0.25) is 0 Å². The molecule has 3 nitrogen and oxygen atoms in total. The SMILES string of the molecule is N#Cc1ccc(CS(=O)c2cc(Cl)ccc2N)cc1. The number of benzene rings is 2. The minimum absolute atomic E-state index is 0.344. The van der Waals surface area contributed by atoms with Crippen molar-refractivity contribution in [1.82, 2.24) is 0 Å². The Morgan fingerprint density at radius 2 is 1.89 bits per heavy atom. The molecule has 96 valence electrons. The Hall–Kier alpha value is -1.83. The van der Waals surface area contributed by atoms with Crippen molar-refractivity contribution in [3.05, 3.63) is 58.6 Å². The minimum Gasteiger partial charge on any atom is -0.398 e. The van der Waals surface area contributed by atoms with Crippen molar-refractivity contribution in [2.75, 3.05) is 5.73 Å². The van der Waals surface area contributed by atoms with Gasteiger partial charge in [0.25, 0.3) is 0 Å². The van der Waals surface area contributed by atoms with E-state index in [9.17, 15) is 4.21 Å². The van der Waals surface area contributed by atoms with Gasteiger partial charge in [-0.3, -0.25) is 4.21 Å². The van der Waals surface area contributed by atoms with Gasteiger partial charge in [0.15, 0.2) is 0 Å². The van der Waals surface area contributed by atoms with Crippen LogP contribution < -0.4 is 5.73 Å². The molecule has 0 saturated carbocycles. The van der Waals surface area contributed by atoms with Crippen molar-refractivity contribution in [3.8, 4) is 6.07 Å². The summed E-state index contributed by atoms with van der Waals surface area (Å²) in [7, 11) is -1.26. The van der Waals surface area contributed by atoms with Crippen molar-refractivity contribution < 1.29 is 4.21 Å². The summed E-state index contributed by atoms with van der Waals surface area (Å²) in [6, 6.07) is 14.0. The molecule has 5 heteroatoms. The third kappa shape index (κ3) is 3.34. The van der Waals surface area contributed by atoms with Crippen LogP contribution in [0, 0.1) is 11.3 Å². The molecule has 0 amide bonds. The first-order chi connectivity index (χ1) is 9.10. The van der Waals surface area contributed by atoms with Gasteiger partial charge >= 0.3 is 0 Å². The topological polar surface area (TPSA) is 66.9 Å². The van der Waals surface area contributed by atoms with E-state index in [0.717, 1.165) is 5.56 Å². The lowest BCUT2D eigenvalue weighted by Crippen LogP contribution is -2.01. The molecule has 0 bridgehead atoms. The number of hydrogen-bond donors (Lipinski definition) is 1. The van der Waals surface area contributed by atoms with Gasteiger partial charge < -0.3 is 5.73 Å². The van der Waals surface area contributed by atoms with Crippen LogP contribution in [-0.2, 0) is 16.6 Å². The number of nitrogens with zero attached hydrogens (tertiary/aromatic N) is 1. The molecule has 0 aliphatic rings. The average Bonchev–Trinajstić information content (AvgIpc) is 2.42. The molecule has 2 rings (SSSR count). The van der Waals surface area contributed by atoms with Gasteiger partial charge in [-0.25, -0.2) is 0 Å². The van der Waals surface area contributed by atoms with Gasteiger partial charge in [-0.15, -0.1) is 0 Å². The van der Waals surface area contributed by atoms with Crippen LogP contribution >= 0.6 is 11.6 Å². The molecule has 19 heavy (non-hydrogen) atoms. The molecular weight excluding hydrogens is 280 g/mol. The summed E-state index contributed by atoms with van der Waals surface area (Å²) in [6.07, 6.45) is 0. The van der Waals surface area contributed by atoms with Crippen molar-refractivity contribution >= 4 is 28.1 Å². The molecule has 0 saturated heterocycles. The Kier molecular flexibility index (Phi) is 4.20. The maximum atomic E-state index is 12.2. The van der Waals surface area contributed by atoms with E-state index in [1.165, 1.54) is 0 Å². The average molecular weight is 291 g/mol. The van der Waals surface area contributed by atoms with Crippen LogP contribution in [0.1, 0.15) is 11.1 Å². The number of nitrogen functional groups attached to an aromatic ring is 1. The van der Waals surface area contributed by atoms with Crippen LogP contribution in [0.2, 0.25) is 5.02 Å². The Balaban J connectivity index is 2.21. The zero-order chi connectivity index (χ0) is 13.8. The molecule has 1 atom stereocenters. The van der Waals surface area contributed by atoms with Crippen molar-refractivity contribution in [1.29, 1.82) is 5.26 Å². The van der Waals surface area contributed by atoms with Gasteiger partial charge in [-0.05, 0) is 35.9 Å². The van der Waals surface area contributed by atoms with E-state index in [2.05, 4.69) is 0 Å². The second kappa shape index (κ2) is 5.87. The monoisotopic (exact) mass is 290 g/mol. The Bertz CT molecular complexity index is 662. The first-order valence-corrected chi connectivity index (χ1v) is 7.22. The van der Waals surface area contributed by atoms with Crippen molar-refractivity contribution in [2.45, 2.75) is 10.6 Å². The fraction of sp³-hybridized carbons (Fsp3) is 0.0714. The highest BCUT2D eigenvalue weighted by Crippen LogP contribution is 2.23. The summed E-state index contributed by atoms with van der Waals surface area (Å²) in [5.74, 6) is 0.344. The smallest absolute Gasteiger partial charge is 0.0991 e. The zero-order valence-electron chi connectivity index (χ0n) is 9.97. The van der Waals surface area contributed by atoms with Gasteiger partial charge in [-0.2, -0.15) is 5.26 Å². The predicted octanol–water partition coefficient (Wildman–Crippen LogP) is 3.10. The third-order valence-electron chi connectivity index (χ3n) is 2.60.